The SMILES string of the molecule is c1ccc(N(c2ccccc2)c2ccc3c(c2)c2cnccc2n3-c2ccc(-c3ccnc(-c4cc(-c5ccc(-n6c7ccncc7c7cc(N(c8ccccc8)c8ccccc8)ccc76)cc5)ccn4)c3)cc2)cc1. The lowest BCUT2D eigenvalue weighted by Gasteiger charge is -2.25. The lowest BCUT2D eigenvalue weighted by molar-refractivity contribution is 1.17. The van der Waals surface area contributed by atoms with Gasteiger partial charge in [-0.25, -0.2) is 0 Å². The first-order valence-electron chi connectivity index (χ1n) is 25.4. The zero-order valence-corrected chi connectivity index (χ0v) is 41.1. The first kappa shape index (κ1) is 44.3. The molecule has 0 unspecified atom stereocenters. The molecule has 0 atom stereocenters. The van der Waals surface area contributed by atoms with Crippen LogP contribution in [0.3, 0.4) is 0 Å². The van der Waals surface area contributed by atoms with Gasteiger partial charge >= 0.3 is 0 Å². The van der Waals surface area contributed by atoms with Gasteiger partial charge in [-0.1, -0.05) is 97.1 Å². The summed E-state index contributed by atoms with van der Waals surface area (Å²) in [5.74, 6) is 0. The van der Waals surface area contributed by atoms with E-state index >= 15 is 0 Å². The molecule has 0 saturated carbocycles. The molecule has 0 saturated heterocycles. The van der Waals surface area contributed by atoms with Crippen LogP contribution in [0.15, 0.2) is 280 Å². The molecular weight excluding hydrogens is 929 g/mol. The van der Waals surface area contributed by atoms with Crippen molar-refractivity contribution in [3.8, 4) is 45.0 Å². The molecule has 0 aliphatic carbocycles. The average molecular weight is 975 g/mol. The minimum atomic E-state index is 0.808. The van der Waals surface area contributed by atoms with Gasteiger partial charge in [0.15, 0.2) is 0 Å². The van der Waals surface area contributed by atoms with Crippen molar-refractivity contribution in [1.29, 1.82) is 0 Å². The summed E-state index contributed by atoms with van der Waals surface area (Å²) in [7, 11) is 0. The number of pyridine rings is 4. The van der Waals surface area contributed by atoms with E-state index in [1.165, 1.54) is 0 Å². The van der Waals surface area contributed by atoms with Gasteiger partial charge in [-0.05, 0) is 168 Å². The number of aromatic nitrogens is 6. The van der Waals surface area contributed by atoms with Crippen LogP contribution in [0, 0.1) is 0 Å². The van der Waals surface area contributed by atoms with E-state index in [1.54, 1.807) is 0 Å². The average Bonchev–Trinajstić information content (AvgIpc) is 4.03. The van der Waals surface area contributed by atoms with E-state index in [2.05, 4.69) is 272 Å². The van der Waals surface area contributed by atoms with Crippen molar-refractivity contribution in [2.75, 3.05) is 9.80 Å². The van der Waals surface area contributed by atoms with E-state index in [9.17, 15) is 0 Å². The van der Waals surface area contributed by atoms with Crippen LogP contribution in [0.2, 0.25) is 0 Å². The summed E-state index contributed by atoms with van der Waals surface area (Å²) >= 11 is 0. The lowest BCUT2D eigenvalue weighted by Crippen LogP contribution is -2.09. The van der Waals surface area contributed by atoms with Crippen molar-refractivity contribution in [3.63, 3.8) is 0 Å². The van der Waals surface area contributed by atoms with Crippen LogP contribution in [-0.4, -0.2) is 29.1 Å². The van der Waals surface area contributed by atoms with Crippen LogP contribution in [0.4, 0.5) is 34.1 Å². The van der Waals surface area contributed by atoms with Crippen molar-refractivity contribution in [2.45, 2.75) is 0 Å². The fraction of sp³-hybridized carbons (Fsp3) is 0. The predicted molar refractivity (Wildman–Crippen MR) is 312 cm³/mol. The Bertz CT molecular complexity index is 4020. The third kappa shape index (κ3) is 7.89. The highest BCUT2D eigenvalue weighted by molar-refractivity contribution is 6.11. The van der Waals surface area contributed by atoms with Gasteiger partial charge in [0.25, 0.3) is 0 Å². The largest absolute Gasteiger partial charge is 0.310 e. The molecule has 8 aromatic carbocycles. The van der Waals surface area contributed by atoms with Gasteiger partial charge in [0.05, 0.1) is 33.5 Å². The Kier molecular flexibility index (Phi) is 11.0. The molecule has 358 valence electrons. The van der Waals surface area contributed by atoms with Gasteiger partial charge in [0.1, 0.15) is 0 Å². The minimum absolute atomic E-state index is 0.808. The van der Waals surface area contributed by atoms with Crippen LogP contribution < -0.4 is 9.80 Å². The van der Waals surface area contributed by atoms with Crippen molar-refractivity contribution < 1.29 is 0 Å². The topological polar surface area (TPSA) is 67.9 Å². The van der Waals surface area contributed by atoms with E-state index in [0.29, 0.717) is 0 Å². The van der Waals surface area contributed by atoms with Gasteiger partial charge in [-0.15, -0.1) is 0 Å². The summed E-state index contributed by atoms with van der Waals surface area (Å²) in [6, 6.07) is 85.7. The summed E-state index contributed by atoms with van der Waals surface area (Å²) < 4.78 is 4.66. The van der Waals surface area contributed by atoms with Crippen molar-refractivity contribution >= 4 is 77.7 Å². The molecule has 76 heavy (non-hydrogen) atoms. The Hall–Kier alpha value is -10.4. The molecule has 0 radical (unpaired) electrons. The van der Waals surface area contributed by atoms with Crippen LogP contribution in [0.1, 0.15) is 0 Å². The molecule has 0 bridgehead atoms. The molecule has 8 nitrogen and oxygen atoms in total. The smallest absolute Gasteiger partial charge is 0.0892 e. The molecule has 0 aliphatic rings. The molecule has 8 heteroatoms. The Morgan fingerprint density at radius 2 is 0.618 bits per heavy atom. The summed E-state index contributed by atoms with van der Waals surface area (Å²) in [6.07, 6.45) is 11.4. The highest BCUT2D eigenvalue weighted by Crippen LogP contribution is 2.42. The second kappa shape index (κ2) is 18.9. The third-order valence-electron chi connectivity index (χ3n) is 14.4. The number of fused-ring (bicyclic) bond motifs is 6. The molecule has 14 rings (SSSR count). The highest BCUT2D eigenvalue weighted by Gasteiger charge is 2.20. The molecular formula is C68H46N8. The van der Waals surface area contributed by atoms with Crippen LogP contribution in [0.25, 0.3) is 88.6 Å². The molecule has 0 amide bonds. The van der Waals surface area contributed by atoms with Gasteiger partial charge < -0.3 is 18.9 Å². The van der Waals surface area contributed by atoms with Gasteiger partial charge in [0.2, 0.25) is 0 Å². The number of hydrogen-bond donors (Lipinski definition) is 0. The minimum Gasteiger partial charge on any atom is -0.310 e. The van der Waals surface area contributed by atoms with Crippen molar-refractivity contribution in [2.24, 2.45) is 0 Å². The fourth-order valence-electron chi connectivity index (χ4n) is 10.9. The highest BCUT2D eigenvalue weighted by atomic mass is 15.1. The number of benzene rings is 8. The number of nitrogens with zero attached hydrogens (tertiary/aromatic N) is 8. The first-order chi connectivity index (χ1) is 37.7. The second-order valence-electron chi connectivity index (χ2n) is 18.8. The molecule has 0 N–H and O–H groups in total. The normalized spacial score (nSPS) is 11.4. The third-order valence-corrected chi connectivity index (χ3v) is 14.4. The first-order valence-corrected chi connectivity index (χ1v) is 25.4. The fourth-order valence-corrected chi connectivity index (χ4v) is 10.9. The molecule has 0 aliphatic heterocycles. The van der Waals surface area contributed by atoms with Gasteiger partial charge in [-0.3, -0.25) is 19.9 Å². The standard InChI is InChI=1S/C68H46N8/c1-5-13-51(14-6-1)73(52-15-7-2-8-16-52)57-29-31-65-59(43-57)61-45-69-37-35-67(61)75(65)55-25-21-47(22-26-55)49-33-39-71-63(41-49)64-42-50(34-40-72-64)48-23-27-56(28-24-48)76-66-32-30-58(44-60(66)62-46-70-38-36-68(62)76)74(53-17-9-3-10-18-53)54-19-11-4-12-20-54/h1-46H. The van der Waals surface area contributed by atoms with Crippen LogP contribution in [-0.2, 0) is 0 Å². The number of rotatable bonds is 11. The monoisotopic (exact) mass is 974 g/mol. The molecule has 0 spiro atoms. The zero-order valence-electron chi connectivity index (χ0n) is 41.1. The number of hydrogen-bond acceptors (Lipinski definition) is 6. The van der Waals surface area contributed by atoms with Gasteiger partial charge in [-0.2, -0.15) is 0 Å². The maximum atomic E-state index is 4.82. The molecule has 14 aromatic rings. The van der Waals surface area contributed by atoms with Gasteiger partial charge in [0, 0.05) is 104 Å². The van der Waals surface area contributed by atoms with Crippen LogP contribution >= 0.6 is 0 Å². The molecule has 0 fully saturated rings. The quantitative estimate of drug-likeness (QED) is 0.129. The summed E-state index contributed by atoms with van der Waals surface area (Å²) in [5, 5.41) is 4.46. The summed E-state index contributed by atoms with van der Waals surface area (Å²) in [4.78, 5) is 23.4. The predicted octanol–water partition coefficient (Wildman–Crippen LogP) is 17.4. The van der Waals surface area contributed by atoms with E-state index in [0.717, 1.165) is 123 Å². The Morgan fingerprint density at radius 3 is 0.987 bits per heavy atom. The molecule has 6 aromatic heterocycles. The van der Waals surface area contributed by atoms with E-state index in [1.807, 2.05) is 37.2 Å². The lowest BCUT2D eigenvalue weighted by atomic mass is 10.0. The Balaban J connectivity index is 0.751. The Labute approximate surface area is 439 Å². The summed E-state index contributed by atoms with van der Waals surface area (Å²) in [5.41, 5.74) is 19.0. The van der Waals surface area contributed by atoms with Crippen LogP contribution in [0.5, 0.6) is 0 Å². The second-order valence-corrected chi connectivity index (χ2v) is 18.8. The summed E-state index contributed by atoms with van der Waals surface area (Å²) in [6.45, 7) is 0. The van der Waals surface area contributed by atoms with Crippen molar-refractivity contribution in [1.82, 2.24) is 29.1 Å². The number of para-hydroxylation sites is 4. The maximum Gasteiger partial charge on any atom is 0.0892 e. The van der Waals surface area contributed by atoms with Crippen molar-refractivity contribution in [3.05, 3.63) is 280 Å². The van der Waals surface area contributed by atoms with E-state index in [-0.39, 0.29) is 0 Å². The zero-order chi connectivity index (χ0) is 50.4. The van der Waals surface area contributed by atoms with E-state index in [4.69, 9.17) is 9.97 Å². The number of anilines is 6. The maximum absolute atomic E-state index is 4.82. The van der Waals surface area contributed by atoms with E-state index < -0.39 is 0 Å². The molecule has 6 heterocycles. The Morgan fingerprint density at radius 1 is 0.263 bits per heavy atom.